The molecule has 0 saturated carbocycles. The quantitative estimate of drug-likeness (QED) is 0.615. The second-order valence-corrected chi connectivity index (χ2v) is 3.52. The van der Waals surface area contributed by atoms with E-state index in [9.17, 15) is 4.79 Å². The van der Waals surface area contributed by atoms with Crippen LogP contribution in [-0.2, 0) is 9.53 Å². The Bertz CT molecular complexity index is 208. The zero-order valence-corrected chi connectivity index (χ0v) is 9.25. The number of esters is 1. The first-order valence-electron chi connectivity index (χ1n) is 5.21. The Hall–Kier alpha value is -1.04. The first kappa shape index (κ1) is 13.0. The predicted molar refractivity (Wildman–Crippen MR) is 54.4 cm³/mol. The zero-order valence-electron chi connectivity index (χ0n) is 9.25. The summed E-state index contributed by atoms with van der Waals surface area (Å²) in [5.74, 6) is -0.387. The maximum absolute atomic E-state index is 11.2. The molecule has 0 spiro atoms. The molecule has 80 valence electrons. The highest BCUT2D eigenvalue weighted by atomic mass is 16.5. The van der Waals surface area contributed by atoms with Crippen LogP contribution in [0, 0.1) is 23.2 Å². The van der Waals surface area contributed by atoms with Gasteiger partial charge >= 0.3 is 5.97 Å². The number of rotatable bonds is 6. The molecule has 0 bridgehead atoms. The zero-order chi connectivity index (χ0) is 11.0. The van der Waals surface area contributed by atoms with E-state index in [0.717, 1.165) is 12.8 Å². The molecule has 0 aromatic rings. The molecule has 0 aromatic carbocycles. The summed E-state index contributed by atoms with van der Waals surface area (Å²) < 4.78 is 4.80. The van der Waals surface area contributed by atoms with Gasteiger partial charge in [-0.2, -0.15) is 5.26 Å². The van der Waals surface area contributed by atoms with Crippen LogP contribution >= 0.6 is 0 Å². The summed E-state index contributed by atoms with van der Waals surface area (Å²) in [4.78, 5) is 11.2. The molecule has 14 heavy (non-hydrogen) atoms. The van der Waals surface area contributed by atoms with Gasteiger partial charge in [-0.15, -0.1) is 0 Å². The van der Waals surface area contributed by atoms with Gasteiger partial charge in [-0.1, -0.05) is 20.3 Å². The lowest BCUT2D eigenvalue weighted by molar-refractivity contribution is -0.146. The number of hydrogen-bond donors (Lipinski definition) is 0. The van der Waals surface area contributed by atoms with Gasteiger partial charge in [-0.3, -0.25) is 4.79 Å². The summed E-state index contributed by atoms with van der Waals surface area (Å²) in [6.07, 6.45) is 2.61. The van der Waals surface area contributed by atoms with Crippen molar-refractivity contribution >= 4 is 5.97 Å². The molecule has 0 amide bonds. The summed E-state index contributed by atoms with van der Waals surface area (Å²) in [6, 6.07) is 1.99. The van der Waals surface area contributed by atoms with Gasteiger partial charge < -0.3 is 4.74 Å². The van der Waals surface area contributed by atoms with E-state index in [1.54, 1.807) is 6.92 Å². The molecule has 0 fully saturated rings. The van der Waals surface area contributed by atoms with E-state index in [0.29, 0.717) is 18.9 Å². The molecule has 0 radical (unpaired) electrons. The van der Waals surface area contributed by atoms with E-state index in [1.807, 2.05) is 6.07 Å². The average molecular weight is 197 g/mol. The molecule has 2 atom stereocenters. The van der Waals surface area contributed by atoms with Gasteiger partial charge in [0.25, 0.3) is 0 Å². The Balaban J connectivity index is 3.92. The van der Waals surface area contributed by atoms with Crippen LogP contribution in [0.5, 0.6) is 0 Å². The number of carbonyl (C=O) groups is 1. The summed E-state index contributed by atoms with van der Waals surface area (Å²) in [5.41, 5.74) is 0. The standard InChI is InChI=1S/C11H19NO2/c1-4-9(3)6-7-10(8-12)11(13)14-5-2/h9-10H,4-7H2,1-3H3. The van der Waals surface area contributed by atoms with Crippen LogP contribution < -0.4 is 0 Å². The van der Waals surface area contributed by atoms with E-state index >= 15 is 0 Å². The summed E-state index contributed by atoms with van der Waals surface area (Å²) in [6.45, 7) is 6.33. The summed E-state index contributed by atoms with van der Waals surface area (Å²) in [5, 5.41) is 8.76. The Morgan fingerprint density at radius 3 is 2.50 bits per heavy atom. The number of nitrogens with zero attached hydrogens (tertiary/aromatic N) is 1. The van der Waals surface area contributed by atoms with Crippen molar-refractivity contribution in [2.45, 2.75) is 40.0 Å². The van der Waals surface area contributed by atoms with Gasteiger partial charge in [0, 0.05) is 0 Å². The second kappa shape index (κ2) is 7.37. The molecule has 0 saturated heterocycles. The van der Waals surface area contributed by atoms with Crippen LogP contribution in [-0.4, -0.2) is 12.6 Å². The van der Waals surface area contributed by atoms with Crippen LogP contribution in [0.2, 0.25) is 0 Å². The third-order valence-corrected chi connectivity index (χ3v) is 2.37. The van der Waals surface area contributed by atoms with Crippen LogP contribution in [0.15, 0.2) is 0 Å². The van der Waals surface area contributed by atoms with Gasteiger partial charge in [-0.05, 0) is 25.7 Å². The second-order valence-electron chi connectivity index (χ2n) is 3.52. The molecule has 0 aliphatic heterocycles. The highest BCUT2D eigenvalue weighted by molar-refractivity contribution is 5.75. The maximum Gasteiger partial charge on any atom is 0.323 e. The van der Waals surface area contributed by atoms with Crippen molar-refractivity contribution in [3.8, 4) is 6.07 Å². The SMILES string of the molecule is CCOC(=O)C(C#N)CCC(C)CC. The normalized spacial score (nSPS) is 14.1. The first-order chi connectivity index (χ1) is 6.65. The van der Waals surface area contributed by atoms with Gasteiger partial charge in [0.15, 0.2) is 0 Å². The lowest BCUT2D eigenvalue weighted by Crippen LogP contribution is -2.16. The fourth-order valence-corrected chi connectivity index (χ4v) is 1.13. The van der Waals surface area contributed by atoms with E-state index in [2.05, 4.69) is 13.8 Å². The fourth-order valence-electron chi connectivity index (χ4n) is 1.13. The van der Waals surface area contributed by atoms with Gasteiger partial charge in [0.2, 0.25) is 0 Å². The largest absolute Gasteiger partial charge is 0.465 e. The molecule has 3 heteroatoms. The minimum Gasteiger partial charge on any atom is -0.465 e. The molecule has 0 N–H and O–H groups in total. The van der Waals surface area contributed by atoms with Crippen molar-refractivity contribution in [2.24, 2.45) is 11.8 Å². The first-order valence-corrected chi connectivity index (χ1v) is 5.21. The number of ether oxygens (including phenoxy) is 1. The fraction of sp³-hybridized carbons (Fsp3) is 0.818. The molecule has 0 aliphatic carbocycles. The Morgan fingerprint density at radius 2 is 2.07 bits per heavy atom. The average Bonchev–Trinajstić information content (AvgIpc) is 2.18. The van der Waals surface area contributed by atoms with Crippen molar-refractivity contribution in [3.63, 3.8) is 0 Å². The Morgan fingerprint density at radius 1 is 1.43 bits per heavy atom. The van der Waals surface area contributed by atoms with Crippen molar-refractivity contribution in [1.29, 1.82) is 5.26 Å². The number of nitriles is 1. The summed E-state index contributed by atoms with van der Waals surface area (Å²) in [7, 11) is 0. The van der Waals surface area contributed by atoms with Crippen molar-refractivity contribution in [2.75, 3.05) is 6.61 Å². The molecule has 0 aromatic heterocycles. The molecule has 0 heterocycles. The van der Waals surface area contributed by atoms with Crippen LogP contribution in [0.4, 0.5) is 0 Å². The minimum absolute atomic E-state index is 0.348. The van der Waals surface area contributed by atoms with E-state index < -0.39 is 5.92 Å². The van der Waals surface area contributed by atoms with Crippen LogP contribution in [0.25, 0.3) is 0 Å². The van der Waals surface area contributed by atoms with Gasteiger partial charge in [0.1, 0.15) is 5.92 Å². The third kappa shape index (κ3) is 4.86. The van der Waals surface area contributed by atoms with E-state index in [4.69, 9.17) is 10.00 Å². The van der Waals surface area contributed by atoms with E-state index in [-0.39, 0.29) is 5.97 Å². The van der Waals surface area contributed by atoms with Gasteiger partial charge in [-0.25, -0.2) is 0 Å². The van der Waals surface area contributed by atoms with E-state index in [1.165, 1.54) is 0 Å². The molecular weight excluding hydrogens is 178 g/mol. The molecule has 2 unspecified atom stereocenters. The highest BCUT2D eigenvalue weighted by Gasteiger charge is 2.19. The lowest BCUT2D eigenvalue weighted by Gasteiger charge is -2.11. The Kier molecular flexibility index (Phi) is 6.82. The monoisotopic (exact) mass is 197 g/mol. The topological polar surface area (TPSA) is 50.1 Å². The lowest BCUT2D eigenvalue weighted by atomic mass is 9.96. The molecular formula is C11H19NO2. The smallest absolute Gasteiger partial charge is 0.323 e. The molecule has 0 rings (SSSR count). The van der Waals surface area contributed by atoms with Gasteiger partial charge in [0.05, 0.1) is 12.7 Å². The van der Waals surface area contributed by atoms with Crippen LogP contribution in [0.3, 0.4) is 0 Å². The van der Waals surface area contributed by atoms with Crippen molar-refractivity contribution < 1.29 is 9.53 Å². The Labute approximate surface area is 86.1 Å². The number of carbonyl (C=O) groups excluding carboxylic acids is 1. The van der Waals surface area contributed by atoms with Crippen LogP contribution in [0.1, 0.15) is 40.0 Å². The highest BCUT2D eigenvalue weighted by Crippen LogP contribution is 2.15. The minimum atomic E-state index is -0.580. The van der Waals surface area contributed by atoms with Crippen molar-refractivity contribution in [1.82, 2.24) is 0 Å². The third-order valence-electron chi connectivity index (χ3n) is 2.37. The number of hydrogen-bond acceptors (Lipinski definition) is 3. The maximum atomic E-state index is 11.2. The predicted octanol–water partition coefficient (Wildman–Crippen LogP) is 2.52. The molecule has 0 aliphatic rings. The summed E-state index contributed by atoms with van der Waals surface area (Å²) >= 11 is 0. The van der Waals surface area contributed by atoms with Crippen molar-refractivity contribution in [3.05, 3.63) is 0 Å². The molecule has 3 nitrogen and oxygen atoms in total.